The summed E-state index contributed by atoms with van der Waals surface area (Å²) in [6.07, 6.45) is 0. The van der Waals surface area contributed by atoms with Gasteiger partial charge in [-0.2, -0.15) is 12.9 Å². The van der Waals surface area contributed by atoms with Crippen LogP contribution in [0.25, 0.3) is 0 Å². The second kappa shape index (κ2) is 3.52. The lowest BCUT2D eigenvalue weighted by atomic mass is 11.8. The zero-order chi connectivity index (χ0) is 11.3. The van der Waals surface area contributed by atoms with Crippen LogP contribution < -0.4 is 0 Å². The summed E-state index contributed by atoms with van der Waals surface area (Å²) in [5.41, 5.74) is 0. The lowest BCUT2D eigenvalue weighted by Crippen LogP contribution is -2.10. The molecule has 2 fully saturated rings. The SMILES string of the molecule is COP1(=O)OP2(=O)O[P+](=O)OP(=O)(O1)O2. The van der Waals surface area contributed by atoms with Gasteiger partial charge in [0.1, 0.15) is 0 Å². The van der Waals surface area contributed by atoms with Gasteiger partial charge in [-0.15, -0.1) is 0 Å². The third kappa shape index (κ3) is 2.30. The van der Waals surface area contributed by atoms with E-state index in [1.807, 2.05) is 0 Å². The molecular formula is CH3O10P4+. The minimum Gasteiger partial charge on any atom is -0.290 e. The number of phosphoric acid groups is 3. The molecule has 10 nitrogen and oxygen atoms in total. The quantitative estimate of drug-likeness (QED) is 0.667. The Kier molecular flexibility index (Phi) is 2.82. The van der Waals surface area contributed by atoms with E-state index in [9.17, 15) is 18.3 Å². The second-order valence-corrected chi connectivity index (χ2v) is 8.92. The average Bonchev–Trinajstić information content (AvgIpc) is 1.96. The van der Waals surface area contributed by atoms with Crippen LogP contribution in [0.5, 0.6) is 0 Å². The van der Waals surface area contributed by atoms with Gasteiger partial charge in [-0.25, -0.2) is 13.7 Å². The molecule has 2 atom stereocenters. The van der Waals surface area contributed by atoms with E-state index in [4.69, 9.17) is 0 Å². The van der Waals surface area contributed by atoms with E-state index in [2.05, 4.69) is 26.1 Å². The lowest BCUT2D eigenvalue weighted by Gasteiger charge is -2.27. The highest BCUT2D eigenvalue weighted by atomic mass is 31.4. The molecule has 0 N–H and O–H groups in total. The molecule has 0 aliphatic carbocycles. The number of fused-ring (bicyclic) bond motifs is 2. The molecule has 86 valence electrons. The third-order valence-electron chi connectivity index (χ3n) is 1.16. The molecule has 0 amide bonds. The Morgan fingerprint density at radius 2 is 1.47 bits per heavy atom. The smallest absolute Gasteiger partial charge is 0.290 e. The summed E-state index contributed by atoms with van der Waals surface area (Å²) >= 11 is 0. The molecule has 0 aromatic rings. The van der Waals surface area contributed by atoms with Gasteiger partial charge in [0.2, 0.25) is 0 Å². The summed E-state index contributed by atoms with van der Waals surface area (Å²) < 4.78 is 70.0. The summed E-state index contributed by atoms with van der Waals surface area (Å²) in [6, 6.07) is 0. The minimum absolute atomic E-state index is 0.891. The van der Waals surface area contributed by atoms with Crippen LogP contribution in [0.4, 0.5) is 0 Å². The molecule has 2 rings (SSSR count). The molecular weight excluding hydrogens is 296 g/mol. The van der Waals surface area contributed by atoms with Gasteiger partial charge in [0, 0.05) is 11.7 Å². The Balaban J connectivity index is 2.44. The Bertz CT molecular complexity index is 414. The summed E-state index contributed by atoms with van der Waals surface area (Å²) in [6.45, 7) is 0. The fraction of sp³-hybridized carbons (Fsp3) is 1.00. The lowest BCUT2D eigenvalue weighted by molar-refractivity contribution is 0.139. The Morgan fingerprint density at radius 1 is 1.00 bits per heavy atom. The van der Waals surface area contributed by atoms with Crippen LogP contribution in [0.2, 0.25) is 0 Å². The van der Waals surface area contributed by atoms with Gasteiger partial charge in [-0.1, -0.05) is 0 Å². The standard InChI is InChI=1S/CH3O10P4/c1-6-13(3)9-14(4)7-12(2)8-15(5,10-13)11-14/h1H3/q+1. The normalized spacial score (nSPS) is 52.7. The fourth-order valence-corrected chi connectivity index (χ4v) is 8.60. The van der Waals surface area contributed by atoms with Crippen LogP contribution in [0.3, 0.4) is 0 Å². The number of hydrogen-bond acceptors (Lipinski definition) is 10. The first-order chi connectivity index (χ1) is 6.78. The fourth-order valence-electron chi connectivity index (χ4n) is 0.717. The molecule has 2 bridgehead atoms. The van der Waals surface area contributed by atoms with Gasteiger partial charge in [-0.3, -0.25) is 4.52 Å². The van der Waals surface area contributed by atoms with Crippen molar-refractivity contribution < 1.29 is 44.3 Å². The van der Waals surface area contributed by atoms with E-state index in [1.54, 1.807) is 0 Å². The summed E-state index contributed by atoms with van der Waals surface area (Å²) in [4.78, 5) is 0. The molecule has 14 heteroatoms. The first kappa shape index (κ1) is 12.0. The van der Waals surface area contributed by atoms with Crippen molar-refractivity contribution >= 4 is 31.7 Å². The Labute approximate surface area is 83.9 Å². The van der Waals surface area contributed by atoms with Crippen LogP contribution in [-0.4, -0.2) is 7.11 Å². The summed E-state index contributed by atoms with van der Waals surface area (Å²) in [5.74, 6) is 0. The predicted octanol–water partition coefficient (Wildman–Crippen LogP) is 2.72. The zero-order valence-corrected chi connectivity index (χ0v) is 10.4. The van der Waals surface area contributed by atoms with Gasteiger partial charge in [0.25, 0.3) is 0 Å². The van der Waals surface area contributed by atoms with E-state index in [1.165, 1.54) is 0 Å². The highest BCUT2D eigenvalue weighted by molar-refractivity contribution is 7.80. The average molecular weight is 299 g/mol. The van der Waals surface area contributed by atoms with E-state index >= 15 is 0 Å². The van der Waals surface area contributed by atoms with E-state index in [-0.39, 0.29) is 0 Å². The number of rotatable bonds is 1. The molecule has 15 heavy (non-hydrogen) atoms. The van der Waals surface area contributed by atoms with Gasteiger partial charge < -0.3 is 0 Å². The molecule has 0 radical (unpaired) electrons. The first-order valence-electron chi connectivity index (χ1n) is 3.15. The molecule has 2 heterocycles. The van der Waals surface area contributed by atoms with Crippen molar-refractivity contribution in [3.63, 3.8) is 0 Å². The van der Waals surface area contributed by atoms with Gasteiger partial charge >= 0.3 is 31.7 Å². The van der Waals surface area contributed by atoms with Crippen LogP contribution >= 0.6 is 31.7 Å². The molecule has 2 aliphatic heterocycles. The minimum atomic E-state index is -4.51. The van der Waals surface area contributed by atoms with Gasteiger partial charge in [-0.05, 0) is 8.62 Å². The molecule has 2 unspecified atom stereocenters. The zero-order valence-electron chi connectivity index (χ0n) is 6.87. The molecule has 0 aromatic carbocycles. The number of hydrogen-bond donors (Lipinski definition) is 0. The predicted molar refractivity (Wildman–Crippen MR) is 42.9 cm³/mol. The van der Waals surface area contributed by atoms with E-state index < -0.39 is 31.7 Å². The Morgan fingerprint density at radius 3 is 1.87 bits per heavy atom. The first-order valence-corrected chi connectivity index (χ1v) is 8.62. The molecule has 2 aliphatic rings. The van der Waals surface area contributed by atoms with Crippen molar-refractivity contribution in [2.75, 3.05) is 7.11 Å². The molecule has 0 saturated carbocycles. The Hall–Kier alpha value is 0.550. The van der Waals surface area contributed by atoms with Crippen molar-refractivity contribution in [2.24, 2.45) is 0 Å². The second-order valence-electron chi connectivity index (χ2n) is 2.16. The van der Waals surface area contributed by atoms with Crippen molar-refractivity contribution in [1.29, 1.82) is 0 Å². The van der Waals surface area contributed by atoms with Crippen LogP contribution in [-0.2, 0) is 44.3 Å². The summed E-state index contributed by atoms with van der Waals surface area (Å²) in [7, 11) is -15.5. The van der Waals surface area contributed by atoms with Crippen LogP contribution in [0.15, 0.2) is 0 Å². The van der Waals surface area contributed by atoms with Gasteiger partial charge in [0.15, 0.2) is 0 Å². The summed E-state index contributed by atoms with van der Waals surface area (Å²) in [5, 5.41) is 0. The topological polar surface area (TPSA) is 124 Å². The van der Waals surface area contributed by atoms with Crippen molar-refractivity contribution in [2.45, 2.75) is 0 Å². The van der Waals surface area contributed by atoms with Crippen molar-refractivity contribution in [1.82, 2.24) is 0 Å². The largest absolute Gasteiger partial charge is 0.719 e. The maximum Gasteiger partial charge on any atom is 0.719 e. The van der Waals surface area contributed by atoms with Crippen LogP contribution in [0.1, 0.15) is 0 Å². The molecule has 0 spiro atoms. The third-order valence-corrected chi connectivity index (χ3v) is 9.07. The molecule has 2 saturated heterocycles. The maximum absolute atomic E-state index is 11.4. The van der Waals surface area contributed by atoms with Gasteiger partial charge in [0.05, 0.1) is 0 Å². The van der Waals surface area contributed by atoms with Crippen molar-refractivity contribution in [3.05, 3.63) is 0 Å². The highest BCUT2D eigenvalue weighted by Crippen LogP contribution is 2.88. The van der Waals surface area contributed by atoms with E-state index in [0.717, 1.165) is 7.11 Å². The van der Waals surface area contributed by atoms with Crippen molar-refractivity contribution in [3.8, 4) is 0 Å². The monoisotopic (exact) mass is 299 g/mol. The maximum atomic E-state index is 11.4. The van der Waals surface area contributed by atoms with E-state index in [0.29, 0.717) is 0 Å². The highest BCUT2D eigenvalue weighted by Gasteiger charge is 2.68. The molecule has 0 aromatic heterocycles. The van der Waals surface area contributed by atoms with Crippen LogP contribution in [0, 0.1) is 0 Å².